The molecule has 0 amide bonds. The summed E-state index contributed by atoms with van der Waals surface area (Å²) in [6, 6.07) is 72.5. The van der Waals surface area contributed by atoms with Gasteiger partial charge in [0, 0.05) is 54.9 Å². The molecule has 0 atom stereocenters. The first kappa shape index (κ1) is 32.7. The van der Waals surface area contributed by atoms with Crippen LogP contribution in [-0.2, 0) is 0 Å². The third kappa shape index (κ3) is 5.66. The highest BCUT2D eigenvalue weighted by molar-refractivity contribution is 6.26. The summed E-state index contributed by atoms with van der Waals surface area (Å²) in [6.07, 6.45) is 0. The van der Waals surface area contributed by atoms with Gasteiger partial charge in [-0.2, -0.15) is 0 Å². The third-order valence-corrected chi connectivity index (χ3v) is 11.0. The molecule has 0 spiro atoms. The van der Waals surface area contributed by atoms with Gasteiger partial charge in [0.25, 0.3) is 0 Å². The molecule has 0 aliphatic carbocycles. The number of fused-ring (bicyclic) bond motifs is 7. The SMILES string of the molecule is c1ccc(-c2ccc(-c3cc(-c4ccc(-c5nc6ccccc6c6c5ccc5c7ccccc7n(-c7ccccc7)c56)cc4)nc(-c4ccccc4)n3)cc2)cc1. The summed E-state index contributed by atoms with van der Waals surface area (Å²) < 4.78 is 2.42. The zero-order valence-corrected chi connectivity index (χ0v) is 30.9. The summed E-state index contributed by atoms with van der Waals surface area (Å²) in [6.45, 7) is 0. The van der Waals surface area contributed by atoms with E-state index in [9.17, 15) is 0 Å². The Morgan fingerprint density at radius 1 is 0.333 bits per heavy atom. The molecule has 0 radical (unpaired) electrons. The van der Waals surface area contributed by atoms with Crippen LogP contribution < -0.4 is 0 Å². The minimum absolute atomic E-state index is 0.694. The Balaban J connectivity index is 1.07. The molecule has 0 saturated carbocycles. The molecule has 57 heavy (non-hydrogen) atoms. The van der Waals surface area contributed by atoms with E-state index in [1.165, 1.54) is 38.3 Å². The van der Waals surface area contributed by atoms with Crippen molar-refractivity contribution in [2.45, 2.75) is 0 Å². The van der Waals surface area contributed by atoms with Gasteiger partial charge in [-0.3, -0.25) is 0 Å². The van der Waals surface area contributed by atoms with Crippen LogP contribution in [0.2, 0.25) is 0 Å². The number of para-hydroxylation sites is 3. The molecule has 3 aromatic heterocycles. The third-order valence-electron chi connectivity index (χ3n) is 11.0. The van der Waals surface area contributed by atoms with Crippen molar-refractivity contribution in [1.82, 2.24) is 19.5 Å². The second kappa shape index (κ2) is 13.6. The lowest BCUT2D eigenvalue weighted by atomic mass is 9.96. The van der Waals surface area contributed by atoms with Crippen molar-refractivity contribution in [3.05, 3.63) is 206 Å². The second-order valence-electron chi connectivity index (χ2n) is 14.4. The van der Waals surface area contributed by atoms with Crippen molar-refractivity contribution in [3.8, 4) is 62.0 Å². The number of aromatic nitrogens is 4. The predicted molar refractivity (Wildman–Crippen MR) is 236 cm³/mol. The molecule has 4 nitrogen and oxygen atoms in total. The quantitative estimate of drug-likeness (QED) is 0.160. The molecule has 0 aliphatic rings. The highest BCUT2D eigenvalue weighted by atomic mass is 15.0. The van der Waals surface area contributed by atoms with Gasteiger partial charge in [0.1, 0.15) is 0 Å². The highest BCUT2D eigenvalue weighted by Crippen LogP contribution is 2.42. The number of benzene rings is 8. The molecule has 4 heteroatoms. The van der Waals surface area contributed by atoms with Gasteiger partial charge in [0.2, 0.25) is 0 Å². The molecular weight excluding hydrogens is 693 g/mol. The van der Waals surface area contributed by atoms with Gasteiger partial charge in [0.15, 0.2) is 5.82 Å². The maximum atomic E-state index is 5.34. The minimum atomic E-state index is 0.694. The van der Waals surface area contributed by atoms with Gasteiger partial charge in [-0.25, -0.2) is 15.0 Å². The highest BCUT2D eigenvalue weighted by Gasteiger charge is 2.20. The summed E-state index contributed by atoms with van der Waals surface area (Å²) in [5, 5.41) is 5.91. The van der Waals surface area contributed by atoms with E-state index in [1.807, 2.05) is 24.3 Å². The van der Waals surface area contributed by atoms with Gasteiger partial charge in [-0.15, -0.1) is 0 Å². The van der Waals surface area contributed by atoms with Gasteiger partial charge in [-0.05, 0) is 41.5 Å². The molecule has 0 bridgehead atoms. The van der Waals surface area contributed by atoms with Crippen LogP contribution in [0.5, 0.6) is 0 Å². The predicted octanol–water partition coefficient (Wildman–Crippen LogP) is 13.6. The van der Waals surface area contributed by atoms with Crippen molar-refractivity contribution in [2.75, 3.05) is 0 Å². The molecule has 3 heterocycles. The molecular formula is C53H34N4. The van der Waals surface area contributed by atoms with Gasteiger partial charge in [-0.1, -0.05) is 176 Å². The first-order chi connectivity index (χ1) is 28.3. The monoisotopic (exact) mass is 726 g/mol. The minimum Gasteiger partial charge on any atom is -0.309 e. The van der Waals surface area contributed by atoms with Crippen LogP contribution in [0.15, 0.2) is 206 Å². The summed E-state index contributed by atoms with van der Waals surface area (Å²) in [7, 11) is 0. The van der Waals surface area contributed by atoms with Crippen LogP contribution in [0.3, 0.4) is 0 Å². The topological polar surface area (TPSA) is 43.6 Å². The van der Waals surface area contributed by atoms with Gasteiger partial charge in [0.05, 0.1) is 33.6 Å². The van der Waals surface area contributed by atoms with E-state index in [1.54, 1.807) is 0 Å². The molecule has 0 aliphatic heterocycles. The maximum Gasteiger partial charge on any atom is 0.160 e. The largest absolute Gasteiger partial charge is 0.309 e. The number of hydrogen-bond donors (Lipinski definition) is 0. The van der Waals surface area contributed by atoms with E-state index in [-0.39, 0.29) is 0 Å². The smallest absolute Gasteiger partial charge is 0.160 e. The molecule has 0 fully saturated rings. The Labute approximate surface area is 330 Å². The van der Waals surface area contributed by atoms with Crippen molar-refractivity contribution < 1.29 is 0 Å². The zero-order chi connectivity index (χ0) is 37.7. The fraction of sp³-hybridized carbons (Fsp3) is 0. The van der Waals surface area contributed by atoms with Crippen molar-refractivity contribution in [2.24, 2.45) is 0 Å². The Bertz CT molecular complexity index is 3240. The van der Waals surface area contributed by atoms with Crippen molar-refractivity contribution in [3.63, 3.8) is 0 Å². The molecule has 11 rings (SSSR count). The summed E-state index contributed by atoms with van der Waals surface area (Å²) in [5.41, 5.74) is 13.6. The van der Waals surface area contributed by atoms with E-state index in [0.717, 1.165) is 61.3 Å². The number of hydrogen-bond acceptors (Lipinski definition) is 3. The Morgan fingerprint density at radius 3 is 1.53 bits per heavy atom. The zero-order valence-electron chi connectivity index (χ0n) is 30.9. The molecule has 266 valence electrons. The van der Waals surface area contributed by atoms with E-state index in [0.29, 0.717) is 5.82 Å². The van der Waals surface area contributed by atoms with Crippen LogP contribution in [0, 0.1) is 0 Å². The van der Waals surface area contributed by atoms with E-state index < -0.39 is 0 Å². The average molecular weight is 727 g/mol. The fourth-order valence-electron chi connectivity index (χ4n) is 8.28. The van der Waals surface area contributed by atoms with Gasteiger partial charge < -0.3 is 4.57 Å². The van der Waals surface area contributed by atoms with Crippen LogP contribution in [0.25, 0.3) is 105 Å². The first-order valence-corrected chi connectivity index (χ1v) is 19.3. The molecule has 8 aromatic carbocycles. The maximum absolute atomic E-state index is 5.34. The standard InChI is InChI=1S/C53H34N4/c1-4-14-35(15-5-1)36-24-26-37(27-25-36)47-34-48(56-53(55-47)40-16-6-2-7-17-40)38-28-30-39(31-29-38)51-45-33-32-43-42-20-11-13-23-49(42)57(41-18-8-3-9-19-41)52(43)50(45)44-21-10-12-22-46(44)54-51/h1-34H. The summed E-state index contributed by atoms with van der Waals surface area (Å²) >= 11 is 0. The van der Waals surface area contributed by atoms with Crippen LogP contribution in [-0.4, -0.2) is 19.5 Å². The fourth-order valence-corrected chi connectivity index (χ4v) is 8.28. The first-order valence-electron chi connectivity index (χ1n) is 19.3. The van der Waals surface area contributed by atoms with Crippen LogP contribution in [0.1, 0.15) is 0 Å². The van der Waals surface area contributed by atoms with Gasteiger partial charge >= 0.3 is 0 Å². The lowest BCUT2D eigenvalue weighted by Crippen LogP contribution is -1.97. The van der Waals surface area contributed by atoms with Crippen molar-refractivity contribution >= 4 is 43.5 Å². The second-order valence-corrected chi connectivity index (χ2v) is 14.4. The molecule has 11 aromatic rings. The summed E-state index contributed by atoms with van der Waals surface area (Å²) in [4.78, 5) is 15.5. The molecule has 0 N–H and O–H groups in total. The van der Waals surface area contributed by atoms with E-state index in [4.69, 9.17) is 15.0 Å². The normalized spacial score (nSPS) is 11.5. The van der Waals surface area contributed by atoms with Crippen molar-refractivity contribution in [1.29, 1.82) is 0 Å². The van der Waals surface area contributed by atoms with Crippen LogP contribution in [0.4, 0.5) is 0 Å². The lowest BCUT2D eigenvalue weighted by molar-refractivity contribution is 1.18. The van der Waals surface area contributed by atoms with Crippen LogP contribution >= 0.6 is 0 Å². The lowest BCUT2D eigenvalue weighted by Gasteiger charge is -2.15. The molecule has 0 saturated heterocycles. The average Bonchev–Trinajstić information content (AvgIpc) is 3.64. The Kier molecular flexibility index (Phi) is 7.78. The van der Waals surface area contributed by atoms with E-state index in [2.05, 4.69) is 187 Å². The Hall–Kier alpha value is -7.69. The number of nitrogens with zero attached hydrogens (tertiary/aromatic N) is 4. The number of rotatable bonds is 6. The van der Waals surface area contributed by atoms with E-state index >= 15 is 0 Å². The molecule has 0 unspecified atom stereocenters. The Morgan fingerprint density at radius 2 is 0.842 bits per heavy atom. The number of pyridine rings is 1. The summed E-state index contributed by atoms with van der Waals surface area (Å²) in [5.74, 6) is 0.694.